The van der Waals surface area contributed by atoms with Crippen LogP contribution in [0.25, 0.3) is 0 Å². The fourth-order valence-electron chi connectivity index (χ4n) is 2.94. The van der Waals surface area contributed by atoms with E-state index in [2.05, 4.69) is 5.16 Å². The number of sulfone groups is 1. The topological polar surface area (TPSA) is 80.5 Å². The monoisotopic (exact) mass is 328 g/mol. The molecule has 1 aliphatic carbocycles. The van der Waals surface area contributed by atoms with Crippen molar-refractivity contribution in [3.8, 4) is 0 Å². The predicted octanol–water partition coefficient (Wildman–Crippen LogP) is 2.00. The maximum Gasteiger partial charge on any atom is 0.237 e. The molecule has 0 spiro atoms. The highest BCUT2D eigenvalue weighted by Gasteiger charge is 2.27. The molecule has 22 heavy (non-hydrogen) atoms. The number of carbonyl (C=O) groups excluding carboxylic acids is 1. The van der Waals surface area contributed by atoms with E-state index in [9.17, 15) is 13.2 Å². The van der Waals surface area contributed by atoms with E-state index in [-0.39, 0.29) is 17.7 Å². The number of hydrogen-bond acceptors (Lipinski definition) is 5. The van der Waals surface area contributed by atoms with Crippen LogP contribution in [0.5, 0.6) is 0 Å². The Balaban J connectivity index is 2.00. The van der Waals surface area contributed by atoms with Crippen molar-refractivity contribution in [3.05, 3.63) is 17.0 Å². The van der Waals surface area contributed by atoms with Gasteiger partial charge in [-0.05, 0) is 26.7 Å². The second kappa shape index (κ2) is 6.81. The van der Waals surface area contributed by atoms with E-state index in [1.54, 1.807) is 25.8 Å². The third kappa shape index (κ3) is 4.09. The highest BCUT2D eigenvalue weighted by Crippen LogP contribution is 2.22. The number of aromatic nitrogens is 1. The maximum absolute atomic E-state index is 12.3. The van der Waals surface area contributed by atoms with Crippen LogP contribution in [0.2, 0.25) is 0 Å². The minimum Gasteiger partial charge on any atom is -0.361 e. The fraction of sp³-hybridized carbons (Fsp3) is 0.733. The average Bonchev–Trinajstić information content (AvgIpc) is 2.78. The number of carbonyl (C=O) groups is 1. The molecule has 0 unspecified atom stereocenters. The summed E-state index contributed by atoms with van der Waals surface area (Å²) in [7, 11) is -1.81. The largest absolute Gasteiger partial charge is 0.361 e. The number of nitrogens with zero attached hydrogens (tertiary/aromatic N) is 2. The molecule has 0 aromatic carbocycles. The van der Waals surface area contributed by atoms with E-state index in [4.69, 9.17) is 4.52 Å². The third-order valence-corrected chi connectivity index (χ3v) is 5.82. The zero-order chi connectivity index (χ0) is 16.3. The SMILES string of the molecule is Cc1noc(C)c1CS(=O)(=O)CC(=O)N(C)C1CCCCC1. The Bertz CT molecular complexity index is 610. The van der Waals surface area contributed by atoms with E-state index in [1.165, 1.54) is 6.42 Å². The average molecular weight is 328 g/mol. The lowest BCUT2D eigenvalue weighted by molar-refractivity contribution is -0.129. The summed E-state index contributed by atoms with van der Waals surface area (Å²) >= 11 is 0. The molecule has 1 aromatic rings. The van der Waals surface area contributed by atoms with Crippen LogP contribution in [-0.4, -0.2) is 43.2 Å². The van der Waals surface area contributed by atoms with E-state index in [1.807, 2.05) is 0 Å². The molecule has 0 aliphatic heterocycles. The maximum atomic E-state index is 12.3. The Kier molecular flexibility index (Phi) is 5.26. The molecule has 1 aromatic heterocycles. The quantitative estimate of drug-likeness (QED) is 0.826. The van der Waals surface area contributed by atoms with Crippen molar-refractivity contribution in [2.24, 2.45) is 0 Å². The number of rotatable bonds is 5. The van der Waals surface area contributed by atoms with Gasteiger partial charge in [0, 0.05) is 18.7 Å². The number of amides is 1. The summed E-state index contributed by atoms with van der Waals surface area (Å²) in [5.74, 6) is -0.476. The lowest BCUT2D eigenvalue weighted by Crippen LogP contribution is -2.41. The summed E-state index contributed by atoms with van der Waals surface area (Å²) in [6, 6.07) is 0.176. The Hall–Kier alpha value is -1.37. The molecule has 124 valence electrons. The summed E-state index contributed by atoms with van der Waals surface area (Å²) < 4.78 is 29.5. The van der Waals surface area contributed by atoms with Crippen LogP contribution in [0.4, 0.5) is 0 Å². The first kappa shape index (κ1) is 17.0. The van der Waals surface area contributed by atoms with Crippen LogP contribution >= 0.6 is 0 Å². The van der Waals surface area contributed by atoms with Gasteiger partial charge in [-0.2, -0.15) is 0 Å². The Morgan fingerprint density at radius 2 is 1.91 bits per heavy atom. The first-order chi connectivity index (χ1) is 10.3. The number of hydrogen-bond donors (Lipinski definition) is 0. The molecule has 2 rings (SSSR count). The lowest BCUT2D eigenvalue weighted by atomic mass is 9.94. The second-order valence-electron chi connectivity index (χ2n) is 6.13. The van der Waals surface area contributed by atoms with Gasteiger partial charge in [0.1, 0.15) is 11.5 Å². The Morgan fingerprint density at radius 1 is 1.27 bits per heavy atom. The molecule has 1 amide bonds. The summed E-state index contributed by atoms with van der Waals surface area (Å²) in [5.41, 5.74) is 1.13. The van der Waals surface area contributed by atoms with Gasteiger partial charge in [0.25, 0.3) is 0 Å². The molecular formula is C15H24N2O4S. The zero-order valence-electron chi connectivity index (χ0n) is 13.5. The smallest absolute Gasteiger partial charge is 0.237 e. The van der Waals surface area contributed by atoms with Gasteiger partial charge in [-0.15, -0.1) is 0 Å². The molecule has 0 radical (unpaired) electrons. The third-order valence-electron chi connectivity index (χ3n) is 4.40. The Labute approximate surface area is 131 Å². The molecule has 0 N–H and O–H groups in total. The summed E-state index contributed by atoms with van der Waals surface area (Å²) in [5, 5.41) is 3.75. The highest BCUT2D eigenvalue weighted by atomic mass is 32.2. The van der Waals surface area contributed by atoms with E-state index >= 15 is 0 Å². The van der Waals surface area contributed by atoms with Crippen molar-refractivity contribution in [1.29, 1.82) is 0 Å². The first-order valence-electron chi connectivity index (χ1n) is 7.68. The molecule has 1 aliphatic rings. The molecule has 1 heterocycles. The fourth-order valence-corrected chi connectivity index (χ4v) is 4.47. The molecule has 0 saturated heterocycles. The van der Waals surface area contributed by atoms with Crippen LogP contribution in [0.1, 0.15) is 49.1 Å². The van der Waals surface area contributed by atoms with Crippen molar-refractivity contribution in [1.82, 2.24) is 10.1 Å². The van der Waals surface area contributed by atoms with Crippen molar-refractivity contribution >= 4 is 15.7 Å². The molecular weight excluding hydrogens is 304 g/mol. The van der Waals surface area contributed by atoms with Gasteiger partial charge in [-0.3, -0.25) is 4.79 Å². The van der Waals surface area contributed by atoms with Crippen LogP contribution < -0.4 is 0 Å². The highest BCUT2D eigenvalue weighted by molar-refractivity contribution is 7.91. The minimum atomic E-state index is -3.52. The lowest BCUT2D eigenvalue weighted by Gasteiger charge is -2.31. The van der Waals surface area contributed by atoms with Gasteiger partial charge in [0.05, 0.1) is 11.4 Å². The zero-order valence-corrected chi connectivity index (χ0v) is 14.3. The first-order valence-corrected chi connectivity index (χ1v) is 9.50. The van der Waals surface area contributed by atoms with Gasteiger partial charge in [-0.25, -0.2) is 8.42 Å². The molecule has 0 bridgehead atoms. The standard InChI is InChI=1S/C15H24N2O4S/c1-11-14(12(2)21-16-11)9-22(19,20)10-15(18)17(3)13-7-5-4-6-8-13/h13H,4-10H2,1-3H3. The van der Waals surface area contributed by atoms with Gasteiger partial charge >= 0.3 is 0 Å². The van der Waals surface area contributed by atoms with Gasteiger partial charge in [0.2, 0.25) is 5.91 Å². The summed E-state index contributed by atoms with van der Waals surface area (Å²) in [4.78, 5) is 13.9. The van der Waals surface area contributed by atoms with Crippen molar-refractivity contribution in [3.63, 3.8) is 0 Å². The molecule has 1 saturated carbocycles. The van der Waals surface area contributed by atoms with Crippen molar-refractivity contribution in [2.45, 2.75) is 57.7 Å². The minimum absolute atomic E-state index is 0.176. The van der Waals surface area contributed by atoms with Crippen LogP contribution in [-0.2, 0) is 20.4 Å². The van der Waals surface area contributed by atoms with Gasteiger partial charge < -0.3 is 9.42 Å². The van der Waals surface area contributed by atoms with Crippen molar-refractivity contribution in [2.75, 3.05) is 12.8 Å². The number of aryl methyl sites for hydroxylation is 2. The predicted molar refractivity (Wildman–Crippen MR) is 83.1 cm³/mol. The summed E-state index contributed by atoms with van der Waals surface area (Å²) in [6.45, 7) is 3.39. The van der Waals surface area contributed by atoms with Crippen LogP contribution in [0.3, 0.4) is 0 Å². The van der Waals surface area contributed by atoms with Crippen LogP contribution in [0.15, 0.2) is 4.52 Å². The van der Waals surface area contributed by atoms with Gasteiger partial charge in [0.15, 0.2) is 9.84 Å². The second-order valence-corrected chi connectivity index (χ2v) is 8.20. The van der Waals surface area contributed by atoms with Crippen LogP contribution in [0, 0.1) is 13.8 Å². The molecule has 1 fully saturated rings. The van der Waals surface area contributed by atoms with E-state index in [0.717, 1.165) is 25.7 Å². The summed E-state index contributed by atoms with van der Waals surface area (Å²) in [6.07, 6.45) is 5.34. The normalized spacial score (nSPS) is 16.7. The molecule has 7 heteroatoms. The van der Waals surface area contributed by atoms with E-state index < -0.39 is 15.6 Å². The molecule has 6 nitrogen and oxygen atoms in total. The van der Waals surface area contributed by atoms with E-state index in [0.29, 0.717) is 17.0 Å². The van der Waals surface area contributed by atoms with Gasteiger partial charge in [-0.1, -0.05) is 24.4 Å². The Morgan fingerprint density at radius 3 is 2.45 bits per heavy atom. The van der Waals surface area contributed by atoms with Crippen molar-refractivity contribution < 1.29 is 17.7 Å². The molecule has 0 atom stereocenters.